The number of nitrogens with one attached hydrogen (secondary N) is 2. The van der Waals surface area contributed by atoms with Gasteiger partial charge in [-0.3, -0.25) is 4.79 Å². The molecule has 1 amide bonds. The van der Waals surface area contributed by atoms with E-state index in [1.54, 1.807) is 0 Å². The summed E-state index contributed by atoms with van der Waals surface area (Å²) in [4.78, 5) is 22.9. The predicted molar refractivity (Wildman–Crippen MR) is 59.8 cm³/mol. The van der Waals surface area contributed by atoms with Gasteiger partial charge in [0.25, 0.3) is 0 Å². The lowest BCUT2D eigenvalue weighted by atomic mass is 10.0. The number of carbonyl (C=O) groups is 2. The van der Waals surface area contributed by atoms with E-state index in [0.717, 1.165) is 12.8 Å². The molecule has 0 heterocycles. The van der Waals surface area contributed by atoms with Crippen LogP contribution in [0.4, 0.5) is 0 Å². The topological polar surface area (TPSA) is 67.4 Å². The Labute approximate surface area is 95.9 Å². The normalized spacial score (nSPS) is 17.0. The van der Waals surface area contributed by atoms with E-state index in [1.807, 2.05) is 13.8 Å². The zero-order valence-corrected chi connectivity index (χ0v) is 10.1. The molecule has 0 unspecified atom stereocenters. The maximum atomic E-state index is 11.5. The molecule has 92 valence electrons. The lowest BCUT2D eigenvalue weighted by Gasteiger charge is -2.19. The van der Waals surface area contributed by atoms with Crippen LogP contribution in [0.15, 0.2) is 0 Å². The molecule has 5 nitrogen and oxygen atoms in total. The summed E-state index contributed by atoms with van der Waals surface area (Å²) in [7, 11) is 1.33. The molecule has 0 saturated heterocycles. The maximum absolute atomic E-state index is 11.5. The molecule has 0 aromatic rings. The van der Waals surface area contributed by atoms with E-state index >= 15 is 0 Å². The Kier molecular flexibility index (Phi) is 4.73. The van der Waals surface area contributed by atoms with Crippen LogP contribution in [0.1, 0.15) is 26.7 Å². The van der Waals surface area contributed by atoms with Gasteiger partial charge in [0.05, 0.1) is 13.7 Å². The van der Waals surface area contributed by atoms with Gasteiger partial charge in [-0.15, -0.1) is 0 Å². The molecule has 1 fully saturated rings. The lowest BCUT2D eigenvalue weighted by molar-refractivity contribution is -0.146. The fourth-order valence-corrected chi connectivity index (χ4v) is 1.37. The minimum atomic E-state index is -0.557. The fourth-order valence-electron chi connectivity index (χ4n) is 1.37. The summed E-state index contributed by atoms with van der Waals surface area (Å²) in [6.07, 6.45) is 2.27. The van der Waals surface area contributed by atoms with Crippen LogP contribution >= 0.6 is 0 Å². The Balaban J connectivity index is 2.34. The summed E-state index contributed by atoms with van der Waals surface area (Å²) in [6.45, 7) is 4.01. The first-order valence-electron chi connectivity index (χ1n) is 5.65. The summed E-state index contributed by atoms with van der Waals surface area (Å²) in [6, 6.07) is -0.0696. The van der Waals surface area contributed by atoms with E-state index in [-0.39, 0.29) is 18.4 Å². The minimum absolute atomic E-state index is 0.0253. The summed E-state index contributed by atoms with van der Waals surface area (Å²) >= 11 is 0. The molecular weight excluding hydrogens is 208 g/mol. The Morgan fingerprint density at radius 1 is 1.38 bits per heavy atom. The molecule has 16 heavy (non-hydrogen) atoms. The molecule has 1 aliphatic carbocycles. The van der Waals surface area contributed by atoms with Gasteiger partial charge in [0.2, 0.25) is 5.91 Å². The molecule has 0 aliphatic heterocycles. The highest BCUT2D eigenvalue weighted by atomic mass is 16.5. The molecule has 1 saturated carbocycles. The quantitative estimate of drug-likeness (QED) is 0.630. The Morgan fingerprint density at radius 3 is 2.44 bits per heavy atom. The van der Waals surface area contributed by atoms with Crippen molar-refractivity contribution < 1.29 is 14.3 Å². The van der Waals surface area contributed by atoms with Crippen LogP contribution in [0.2, 0.25) is 0 Å². The number of rotatable bonds is 6. The van der Waals surface area contributed by atoms with Crippen LogP contribution in [-0.4, -0.2) is 37.6 Å². The van der Waals surface area contributed by atoms with E-state index in [0.29, 0.717) is 6.04 Å². The number of amides is 1. The molecule has 0 radical (unpaired) electrons. The average molecular weight is 228 g/mol. The zero-order valence-electron chi connectivity index (χ0n) is 10.1. The van der Waals surface area contributed by atoms with Crippen LogP contribution in [-0.2, 0) is 14.3 Å². The molecule has 1 rings (SSSR count). The third kappa shape index (κ3) is 4.18. The number of hydrogen-bond acceptors (Lipinski definition) is 4. The van der Waals surface area contributed by atoms with Crippen LogP contribution in [0, 0.1) is 5.92 Å². The third-order valence-corrected chi connectivity index (χ3v) is 2.57. The minimum Gasteiger partial charge on any atom is -0.467 e. The second-order valence-electron chi connectivity index (χ2n) is 4.47. The van der Waals surface area contributed by atoms with Crippen molar-refractivity contribution in [3.8, 4) is 0 Å². The summed E-state index contributed by atoms with van der Waals surface area (Å²) < 4.78 is 4.64. The van der Waals surface area contributed by atoms with Crippen molar-refractivity contribution in [1.29, 1.82) is 0 Å². The van der Waals surface area contributed by atoms with Gasteiger partial charge in [-0.2, -0.15) is 0 Å². The first-order chi connectivity index (χ1) is 7.54. The monoisotopic (exact) mass is 228 g/mol. The van der Waals surface area contributed by atoms with E-state index in [4.69, 9.17) is 0 Å². The summed E-state index contributed by atoms with van der Waals surface area (Å²) in [5, 5.41) is 5.77. The van der Waals surface area contributed by atoms with Crippen LogP contribution < -0.4 is 10.6 Å². The second kappa shape index (κ2) is 5.84. The van der Waals surface area contributed by atoms with Crippen LogP contribution in [0.5, 0.6) is 0 Å². The highest BCUT2D eigenvalue weighted by Gasteiger charge is 2.26. The van der Waals surface area contributed by atoms with Gasteiger partial charge in [0.15, 0.2) is 0 Å². The lowest BCUT2D eigenvalue weighted by Crippen LogP contribution is -2.48. The number of carbonyl (C=O) groups excluding carboxylic acids is 2. The van der Waals surface area contributed by atoms with Crippen molar-refractivity contribution in [1.82, 2.24) is 10.6 Å². The van der Waals surface area contributed by atoms with Gasteiger partial charge in [-0.1, -0.05) is 13.8 Å². The van der Waals surface area contributed by atoms with Crippen molar-refractivity contribution in [2.24, 2.45) is 5.92 Å². The molecule has 0 aromatic heterocycles. The second-order valence-corrected chi connectivity index (χ2v) is 4.47. The number of ether oxygens (including phenoxy) is 1. The molecule has 0 aromatic carbocycles. The Hall–Kier alpha value is -1.10. The summed E-state index contributed by atoms with van der Waals surface area (Å²) in [5.41, 5.74) is 0. The largest absolute Gasteiger partial charge is 0.467 e. The number of methoxy groups -OCH3 is 1. The molecular formula is C11H20N2O3. The van der Waals surface area contributed by atoms with Crippen molar-refractivity contribution in [3.05, 3.63) is 0 Å². The van der Waals surface area contributed by atoms with Gasteiger partial charge < -0.3 is 15.4 Å². The van der Waals surface area contributed by atoms with Gasteiger partial charge in [-0.25, -0.2) is 4.79 Å². The SMILES string of the molecule is COC(=O)[C@@H](NC(=O)CNC1CC1)C(C)C. The molecule has 5 heteroatoms. The smallest absolute Gasteiger partial charge is 0.328 e. The van der Waals surface area contributed by atoms with Gasteiger partial charge in [0.1, 0.15) is 6.04 Å². The third-order valence-electron chi connectivity index (χ3n) is 2.57. The Morgan fingerprint density at radius 2 is 2.00 bits per heavy atom. The van der Waals surface area contributed by atoms with Crippen LogP contribution in [0.3, 0.4) is 0 Å². The van der Waals surface area contributed by atoms with E-state index in [1.165, 1.54) is 7.11 Å². The molecule has 2 N–H and O–H groups in total. The van der Waals surface area contributed by atoms with Crippen molar-refractivity contribution in [3.63, 3.8) is 0 Å². The van der Waals surface area contributed by atoms with Crippen molar-refractivity contribution in [2.45, 2.75) is 38.8 Å². The number of hydrogen-bond donors (Lipinski definition) is 2. The van der Waals surface area contributed by atoms with E-state index in [9.17, 15) is 9.59 Å². The number of esters is 1. The molecule has 1 atom stereocenters. The predicted octanol–water partition coefficient (Wildman–Crippen LogP) is 0.0522. The highest BCUT2D eigenvalue weighted by Crippen LogP contribution is 2.17. The standard InChI is InChI=1S/C11H20N2O3/c1-7(2)10(11(15)16-3)13-9(14)6-12-8-4-5-8/h7-8,10,12H,4-6H2,1-3H3,(H,13,14)/t10-/m0/s1. The maximum Gasteiger partial charge on any atom is 0.328 e. The van der Waals surface area contributed by atoms with Gasteiger partial charge in [-0.05, 0) is 18.8 Å². The highest BCUT2D eigenvalue weighted by molar-refractivity contribution is 5.85. The van der Waals surface area contributed by atoms with Gasteiger partial charge >= 0.3 is 5.97 Å². The molecule has 0 bridgehead atoms. The molecule has 0 spiro atoms. The van der Waals surface area contributed by atoms with Crippen molar-refractivity contribution in [2.75, 3.05) is 13.7 Å². The fraction of sp³-hybridized carbons (Fsp3) is 0.818. The zero-order chi connectivity index (χ0) is 12.1. The first-order valence-corrected chi connectivity index (χ1v) is 5.65. The Bertz CT molecular complexity index is 262. The van der Waals surface area contributed by atoms with E-state index < -0.39 is 12.0 Å². The average Bonchev–Trinajstić information content (AvgIpc) is 3.05. The van der Waals surface area contributed by atoms with Gasteiger partial charge in [0, 0.05) is 6.04 Å². The summed E-state index contributed by atoms with van der Waals surface area (Å²) in [5.74, 6) is -0.525. The first kappa shape index (κ1) is 13.0. The molecule has 1 aliphatic rings. The van der Waals surface area contributed by atoms with E-state index in [2.05, 4.69) is 15.4 Å². The van der Waals surface area contributed by atoms with Crippen molar-refractivity contribution >= 4 is 11.9 Å². The van der Waals surface area contributed by atoms with Crippen LogP contribution in [0.25, 0.3) is 0 Å².